The molecule has 49 heavy (non-hydrogen) atoms. The van der Waals surface area contributed by atoms with Gasteiger partial charge >= 0.3 is 5.97 Å². The first kappa shape index (κ1) is 35.4. The first-order valence-corrected chi connectivity index (χ1v) is 16.9. The molecule has 1 aliphatic carbocycles. The number of oxime groups is 1. The SMILES string of the molecule is C=COCCC/C(=N\OC(=O)C1CCCCC1)C(=O)c1cn(CC)c2c(-c3ccccc3)cc(C(=O)C(CO)(OC)c3ccccc3)cc12. The van der Waals surface area contributed by atoms with Gasteiger partial charge in [-0.2, -0.15) is 0 Å². The van der Waals surface area contributed by atoms with E-state index >= 15 is 0 Å². The molecular formula is C40H44N2O7. The van der Waals surface area contributed by atoms with Crippen LogP contribution in [0.1, 0.15) is 78.1 Å². The Bertz CT molecular complexity index is 1800. The lowest BCUT2D eigenvalue weighted by molar-refractivity contribution is -0.149. The van der Waals surface area contributed by atoms with Crippen molar-refractivity contribution in [1.29, 1.82) is 0 Å². The van der Waals surface area contributed by atoms with Crippen molar-refractivity contribution >= 4 is 34.2 Å². The Kier molecular flexibility index (Phi) is 11.9. The average Bonchev–Trinajstić information content (AvgIpc) is 3.54. The van der Waals surface area contributed by atoms with Crippen molar-refractivity contribution in [1.82, 2.24) is 4.57 Å². The summed E-state index contributed by atoms with van der Waals surface area (Å²) >= 11 is 0. The smallest absolute Gasteiger partial charge is 0.338 e. The largest absolute Gasteiger partial charge is 0.502 e. The highest BCUT2D eigenvalue weighted by molar-refractivity contribution is 6.48. The molecule has 5 rings (SSSR count). The van der Waals surface area contributed by atoms with E-state index in [4.69, 9.17) is 14.3 Å². The maximum Gasteiger partial charge on any atom is 0.338 e. The molecule has 4 aromatic rings. The van der Waals surface area contributed by atoms with E-state index in [2.05, 4.69) is 11.7 Å². The second-order valence-corrected chi connectivity index (χ2v) is 12.3. The Morgan fingerprint density at radius 2 is 1.71 bits per heavy atom. The van der Waals surface area contributed by atoms with Crippen molar-refractivity contribution in [2.45, 2.75) is 64.0 Å². The van der Waals surface area contributed by atoms with Gasteiger partial charge in [-0.1, -0.05) is 91.7 Å². The molecule has 9 nitrogen and oxygen atoms in total. The fraction of sp³-hybridized carbons (Fsp3) is 0.350. The minimum absolute atomic E-state index is 0.0795. The zero-order valence-corrected chi connectivity index (χ0v) is 28.2. The Balaban J connectivity index is 1.66. The van der Waals surface area contributed by atoms with Crippen LogP contribution in [-0.4, -0.2) is 53.2 Å². The Morgan fingerprint density at radius 3 is 2.35 bits per heavy atom. The van der Waals surface area contributed by atoms with E-state index in [1.54, 1.807) is 42.6 Å². The molecule has 1 atom stereocenters. The number of rotatable bonds is 16. The van der Waals surface area contributed by atoms with Crippen molar-refractivity contribution in [2.75, 3.05) is 20.3 Å². The Labute approximate surface area is 287 Å². The number of benzene rings is 3. The third-order valence-corrected chi connectivity index (χ3v) is 9.32. The van der Waals surface area contributed by atoms with E-state index in [9.17, 15) is 19.5 Å². The lowest BCUT2D eigenvalue weighted by Crippen LogP contribution is -2.41. The number of aliphatic hydroxyl groups excluding tert-OH is 1. The quantitative estimate of drug-likeness (QED) is 0.0327. The minimum Gasteiger partial charge on any atom is -0.502 e. The van der Waals surface area contributed by atoms with E-state index < -0.39 is 29.7 Å². The van der Waals surface area contributed by atoms with Gasteiger partial charge in [0, 0.05) is 48.3 Å². The number of aromatic nitrogens is 1. The van der Waals surface area contributed by atoms with E-state index in [1.807, 2.05) is 47.9 Å². The normalized spacial score (nSPS) is 15.0. The second-order valence-electron chi connectivity index (χ2n) is 12.3. The number of Topliss-reactive ketones (excluding diaryl/α,β-unsaturated/α-hetero) is 2. The Hall–Kier alpha value is -4.86. The first-order valence-electron chi connectivity index (χ1n) is 16.9. The molecule has 0 saturated heterocycles. The molecule has 1 aromatic heterocycles. The number of fused-ring (bicyclic) bond motifs is 1. The number of nitrogens with zero attached hydrogens (tertiary/aromatic N) is 2. The number of aliphatic hydroxyl groups is 1. The van der Waals surface area contributed by atoms with Crippen LogP contribution in [0.3, 0.4) is 0 Å². The molecule has 0 bridgehead atoms. The number of hydrogen-bond donors (Lipinski definition) is 1. The third kappa shape index (κ3) is 7.58. The van der Waals surface area contributed by atoms with E-state index in [0.29, 0.717) is 36.1 Å². The number of carbonyl (C=O) groups is 3. The van der Waals surface area contributed by atoms with Gasteiger partial charge in [0.15, 0.2) is 5.60 Å². The van der Waals surface area contributed by atoms with Crippen LogP contribution in [0.4, 0.5) is 0 Å². The summed E-state index contributed by atoms with van der Waals surface area (Å²) < 4.78 is 13.1. The van der Waals surface area contributed by atoms with Crippen LogP contribution in [-0.2, 0) is 31.3 Å². The van der Waals surface area contributed by atoms with Gasteiger partial charge in [0.2, 0.25) is 11.6 Å². The predicted octanol–water partition coefficient (Wildman–Crippen LogP) is 7.65. The zero-order valence-electron chi connectivity index (χ0n) is 28.2. The van der Waals surface area contributed by atoms with E-state index in [0.717, 1.165) is 48.7 Å². The van der Waals surface area contributed by atoms with E-state index in [1.165, 1.54) is 13.4 Å². The minimum atomic E-state index is -1.68. The molecule has 1 fully saturated rings. The summed E-state index contributed by atoms with van der Waals surface area (Å²) in [5.74, 6) is -1.54. The lowest BCUT2D eigenvalue weighted by Gasteiger charge is -2.30. The summed E-state index contributed by atoms with van der Waals surface area (Å²) in [6.07, 6.45) is 8.22. The van der Waals surface area contributed by atoms with Crippen molar-refractivity contribution in [3.05, 3.63) is 109 Å². The molecule has 1 saturated carbocycles. The third-order valence-electron chi connectivity index (χ3n) is 9.32. The summed E-state index contributed by atoms with van der Waals surface area (Å²) in [6, 6.07) is 22.0. The van der Waals surface area contributed by atoms with Gasteiger partial charge in [0.1, 0.15) is 5.71 Å². The number of carbonyl (C=O) groups excluding carboxylic acids is 3. The summed E-state index contributed by atoms with van der Waals surface area (Å²) in [5.41, 5.74) is 1.82. The topological polar surface area (TPSA) is 116 Å². The van der Waals surface area contributed by atoms with Crippen molar-refractivity contribution in [3.8, 4) is 11.1 Å². The van der Waals surface area contributed by atoms with Gasteiger partial charge in [0.25, 0.3) is 0 Å². The molecule has 0 amide bonds. The van der Waals surface area contributed by atoms with Gasteiger partial charge in [-0.15, -0.1) is 0 Å². The van der Waals surface area contributed by atoms with Crippen LogP contribution in [0, 0.1) is 5.92 Å². The highest BCUT2D eigenvalue weighted by atomic mass is 16.7. The summed E-state index contributed by atoms with van der Waals surface area (Å²) in [5, 5.41) is 15.4. The molecule has 1 unspecified atom stereocenters. The lowest BCUT2D eigenvalue weighted by atomic mass is 9.84. The van der Waals surface area contributed by atoms with Crippen molar-refractivity contribution < 1.29 is 33.8 Å². The fourth-order valence-corrected chi connectivity index (χ4v) is 6.62. The molecule has 1 aliphatic rings. The monoisotopic (exact) mass is 664 g/mol. The zero-order chi connectivity index (χ0) is 34.8. The van der Waals surface area contributed by atoms with Crippen LogP contribution in [0.15, 0.2) is 97.0 Å². The van der Waals surface area contributed by atoms with Crippen molar-refractivity contribution in [2.24, 2.45) is 11.1 Å². The maximum absolute atomic E-state index is 14.5. The Morgan fingerprint density at radius 1 is 1.02 bits per heavy atom. The molecule has 0 spiro atoms. The molecule has 1 heterocycles. The molecule has 3 aromatic carbocycles. The van der Waals surface area contributed by atoms with Gasteiger partial charge < -0.3 is 24.0 Å². The standard InChI is InChI=1S/C40H44N2O7/c1-4-42-26-34(37(44)35(22-15-23-48-5-2)41-49-39(46)29-18-11-7-12-19-29)33-25-30(24-32(36(33)42)28-16-9-6-10-17-28)38(45)40(27-43,47-3)31-20-13-8-14-21-31/h5-6,8-10,13-14,16-17,20-21,24-26,29,43H,2,4,7,11-12,15,18-19,22-23,27H2,1,3H3/b41-35+. The maximum atomic E-state index is 14.5. The molecular weight excluding hydrogens is 620 g/mol. The second kappa shape index (κ2) is 16.5. The van der Waals surface area contributed by atoms with Crippen LogP contribution >= 0.6 is 0 Å². The van der Waals surface area contributed by atoms with Crippen LogP contribution in [0.5, 0.6) is 0 Å². The van der Waals surface area contributed by atoms with E-state index in [-0.39, 0.29) is 23.6 Å². The highest BCUT2D eigenvalue weighted by Crippen LogP contribution is 2.37. The number of hydrogen-bond acceptors (Lipinski definition) is 8. The van der Waals surface area contributed by atoms with Gasteiger partial charge in [0.05, 0.1) is 30.9 Å². The molecule has 9 heteroatoms. The molecule has 0 aliphatic heterocycles. The van der Waals surface area contributed by atoms with Crippen LogP contribution < -0.4 is 0 Å². The number of ketones is 2. The average molecular weight is 665 g/mol. The van der Waals surface area contributed by atoms with Crippen LogP contribution in [0.2, 0.25) is 0 Å². The predicted molar refractivity (Wildman–Crippen MR) is 189 cm³/mol. The number of methoxy groups -OCH3 is 1. The summed E-state index contributed by atoms with van der Waals surface area (Å²) in [6.45, 7) is 5.81. The molecule has 1 N–H and O–H groups in total. The number of aryl methyl sites for hydroxylation is 1. The van der Waals surface area contributed by atoms with Gasteiger partial charge in [-0.05, 0) is 49.4 Å². The molecule has 0 radical (unpaired) electrons. The first-order chi connectivity index (χ1) is 23.9. The van der Waals surface area contributed by atoms with Crippen LogP contribution in [0.25, 0.3) is 22.0 Å². The van der Waals surface area contributed by atoms with Gasteiger partial charge in [-0.25, -0.2) is 4.79 Å². The summed E-state index contributed by atoms with van der Waals surface area (Å²) in [7, 11) is 1.40. The fourth-order valence-electron chi connectivity index (χ4n) is 6.62. The van der Waals surface area contributed by atoms with Crippen molar-refractivity contribution in [3.63, 3.8) is 0 Å². The molecule has 256 valence electrons. The van der Waals surface area contributed by atoms with Gasteiger partial charge in [-0.3, -0.25) is 9.59 Å². The highest BCUT2D eigenvalue weighted by Gasteiger charge is 2.41. The number of ether oxygens (including phenoxy) is 2. The summed E-state index contributed by atoms with van der Waals surface area (Å²) in [4.78, 5) is 47.3.